The lowest BCUT2D eigenvalue weighted by atomic mass is 10.00. The molecule has 2 aromatic carbocycles. The van der Waals surface area contributed by atoms with E-state index < -0.39 is 0 Å². The van der Waals surface area contributed by atoms with Gasteiger partial charge in [-0.3, -0.25) is 0 Å². The first-order valence-corrected chi connectivity index (χ1v) is 10.1. The maximum atomic E-state index is 6.38. The number of nitrogens with one attached hydrogen (secondary N) is 2. The Morgan fingerprint density at radius 2 is 1.83 bits per heavy atom. The number of aryl methyl sites for hydroxylation is 2. The molecule has 0 amide bonds. The predicted octanol–water partition coefficient (Wildman–Crippen LogP) is 5.53. The summed E-state index contributed by atoms with van der Waals surface area (Å²) in [6.45, 7) is 9.72. The molecular formula is C23H27ClN4O. The number of hydrogen-bond acceptors (Lipinski definition) is 5. The monoisotopic (exact) mass is 410 g/mol. The highest BCUT2D eigenvalue weighted by Crippen LogP contribution is 2.30. The third-order valence-corrected chi connectivity index (χ3v) is 4.79. The molecule has 1 aromatic heterocycles. The van der Waals surface area contributed by atoms with Crippen LogP contribution in [-0.4, -0.2) is 29.2 Å². The van der Waals surface area contributed by atoms with Gasteiger partial charge in [0.25, 0.3) is 0 Å². The fourth-order valence-corrected chi connectivity index (χ4v) is 3.35. The number of halogens is 1. The lowest BCUT2D eigenvalue weighted by Gasteiger charge is -2.13. The molecule has 2 N–H and O–H groups in total. The highest BCUT2D eigenvalue weighted by atomic mass is 35.5. The maximum absolute atomic E-state index is 6.38. The Morgan fingerprint density at radius 1 is 1.07 bits per heavy atom. The van der Waals surface area contributed by atoms with Crippen LogP contribution in [0.2, 0.25) is 5.02 Å². The number of hydrogen-bond donors (Lipinski definition) is 2. The van der Waals surface area contributed by atoms with E-state index in [2.05, 4.69) is 66.5 Å². The first-order chi connectivity index (χ1) is 13.9. The molecule has 0 unspecified atom stereocenters. The van der Waals surface area contributed by atoms with Gasteiger partial charge < -0.3 is 15.4 Å². The van der Waals surface area contributed by atoms with Gasteiger partial charge in [-0.15, -0.1) is 0 Å². The van der Waals surface area contributed by atoms with Gasteiger partial charge in [-0.25, -0.2) is 9.97 Å². The van der Waals surface area contributed by atoms with E-state index in [1.54, 1.807) is 6.20 Å². The minimum atomic E-state index is 0.430. The van der Waals surface area contributed by atoms with E-state index in [1.165, 1.54) is 11.1 Å². The van der Waals surface area contributed by atoms with E-state index in [1.807, 2.05) is 24.3 Å². The quantitative estimate of drug-likeness (QED) is 0.478. The average molecular weight is 411 g/mol. The van der Waals surface area contributed by atoms with Gasteiger partial charge in [-0.05, 0) is 49.2 Å². The summed E-state index contributed by atoms with van der Waals surface area (Å²) in [5, 5.41) is 7.08. The van der Waals surface area contributed by atoms with Gasteiger partial charge in [0.15, 0.2) is 0 Å². The standard InChI is InChI=1S/C23H27ClN4O/c1-15(2)25-12-13-29-21-9-8-18(14-19(21)24)27-23-26-11-10-20(28-23)22-16(3)6-5-7-17(22)4/h5-11,14-15,25H,12-13H2,1-4H3,(H,26,27,28). The second-order valence-corrected chi connectivity index (χ2v) is 7.67. The van der Waals surface area contributed by atoms with Crippen LogP contribution in [0.3, 0.4) is 0 Å². The van der Waals surface area contributed by atoms with Crippen molar-refractivity contribution in [3.05, 3.63) is 64.8 Å². The van der Waals surface area contributed by atoms with E-state index >= 15 is 0 Å². The van der Waals surface area contributed by atoms with Crippen LogP contribution < -0.4 is 15.4 Å². The van der Waals surface area contributed by atoms with Crippen molar-refractivity contribution >= 4 is 23.2 Å². The number of ether oxygens (including phenoxy) is 1. The zero-order valence-electron chi connectivity index (χ0n) is 17.3. The normalized spacial score (nSPS) is 11.0. The Balaban J connectivity index is 1.71. The minimum Gasteiger partial charge on any atom is -0.491 e. The van der Waals surface area contributed by atoms with Crippen molar-refractivity contribution < 1.29 is 4.74 Å². The molecule has 6 heteroatoms. The zero-order valence-corrected chi connectivity index (χ0v) is 18.0. The molecule has 29 heavy (non-hydrogen) atoms. The highest BCUT2D eigenvalue weighted by Gasteiger charge is 2.09. The second-order valence-electron chi connectivity index (χ2n) is 7.26. The lowest BCUT2D eigenvalue weighted by molar-refractivity contribution is 0.309. The van der Waals surface area contributed by atoms with Crippen LogP contribution in [0.5, 0.6) is 5.75 Å². The fourth-order valence-electron chi connectivity index (χ4n) is 3.11. The Kier molecular flexibility index (Phi) is 7.07. The van der Waals surface area contributed by atoms with E-state index in [4.69, 9.17) is 16.3 Å². The smallest absolute Gasteiger partial charge is 0.227 e. The Labute approximate surface area is 177 Å². The average Bonchev–Trinajstić information content (AvgIpc) is 2.67. The van der Waals surface area contributed by atoms with Crippen molar-refractivity contribution in [2.24, 2.45) is 0 Å². The van der Waals surface area contributed by atoms with Crippen molar-refractivity contribution in [1.82, 2.24) is 15.3 Å². The van der Waals surface area contributed by atoms with Crippen LogP contribution in [0.4, 0.5) is 11.6 Å². The largest absolute Gasteiger partial charge is 0.491 e. The number of aromatic nitrogens is 2. The van der Waals surface area contributed by atoms with E-state index in [-0.39, 0.29) is 0 Å². The molecule has 0 aliphatic rings. The third kappa shape index (κ3) is 5.68. The highest BCUT2D eigenvalue weighted by molar-refractivity contribution is 6.32. The fraction of sp³-hybridized carbons (Fsp3) is 0.304. The molecule has 0 atom stereocenters. The Morgan fingerprint density at radius 3 is 2.52 bits per heavy atom. The Hall–Kier alpha value is -2.63. The topological polar surface area (TPSA) is 59.1 Å². The van der Waals surface area contributed by atoms with Crippen LogP contribution in [0, 0.1) is 13.8 Å². The molecular weight excluding hydrogens is 384 g/mol. The van der Waals surface area contributed by atoms with Crippen LogP contribution in [0.15, 0.2) is 48.7 Å². The molecule has 3 rings (SSSR count). The Bertz CT molecular complexity index is 955. The summed E-state index contributed by atoms with van der Waals surface area (Å²) >= 11 is 6.38. The summed E-state index contributed by atoms with van der Waals surface area (Å²) in [5.74, 6) is 1.18. The van der Waals surface area contributed by atoms with E-state index in [0.717, 1.165) is 23.5 Å². The number of rotatable bonds is 8. The van der Waals surface area contributed by atoms with Crippen LogP contribution in [0.1, 0.15) is 25.0 Å². The van der Waals surface area contributed by atoms with E-state index in [0.29, 0.717) is 29.4 Å². The van der Waals surface area contributed by atoms with Gasteiger partial charge in [0, 0.05) is 30.0 Å². The van der Waals surface area contributed by atoms with Crippen LogP contribution >= 0.6 is 11.6 Å². The molecule has 152 valence electrons. The number of anilines is 2. The second kappa shape index (κ2) is 9.72. The molecule has 0 aliphatic heterocycles. The molecule has 0 bridgehead atoms. The summed E-state index contributed by atoms with van der Waals surface area (Å²) in [6, 6.07) is 14.2. The SMILES string of the molecule is Cc1cccc(C)c1-c1ccnc(Nc2ccc(OCCNC(C)C)c(Cl)c2)n1. The lowest BCUT2D eigenvalue weighted by Crippen LogP contribution is -2.27. The van der Waals surface area contributed by atoms with Gasteiger partial charge in [0.1, 0.15) is 12.4 Å². The van der Waals surface area contributed by atoms with Crippen molar-refractivity contribution in [1.29, 1.82) is 0 Å². The van der Waals surface area contributed by atoms with E-state index in [9.17, 15) is 0 Å². The van der Waals surface area contributed by atoms with Gasteiger partial charge in [-0.2, -0.15) is 0 Å². The first-order valence-electron chi connectivity index (χ1n) is 9.76. The summed E-state index contributed by atoms with van der Waals surface area (Å²) in [7, 11) is 0. The van der Waals surface area contributed by atoms with Gasteiger partial charge in [0.2, 0.25) is 5.95 Å². The molecule has 0 saturated heterocycles. The van der Waals surface area contributed by atoms with Crippen LogP contribution in [-0.2, 0) is 0 Å². The zero-order chi connectivity index (χ0) is 20.8. The van der Waals surface area contributed by atoms with Gasteiger partial charge in [-0.1, -0.05) is 43.6 Å². The molecule has 0 radical (unpaired) electrons. The van der Waals surface area contributed by atoms with Crippen molar-refractivity contribution in [3.63, 3.8) is 0 Å². The minimum absolute atomic E-state index is 0.430. The molecule has 0 spiro atoms. The van der Waals surface area contributed by atoms with Crippen molar-refractivity contribution in [2.75, 3.05) is 18.5 Å². The molecule has 1 heterocycles. The summed E-state index contributed by atoms with van der Waals surface area (Å²) in [5.41, 5.74) is 5.20. The molecule has 0 saturated carbocycles. The summed E-state index contributed by atoms with van der Waals surface area (Å²) < 4.78 is 5.74. The summed E-state index contributed by atoms with van der Waals surface area (Å²) in [4.78, 5) is 9.03. The molecule has 0 aliphatic carbocycles. The first kappa shape index (κ1) is 21.1. The number of nitrogens with zero attached hydrogens (tertiary/aromatic N) is 2. The molecule has 3 aromatic rings. The predicted molar refractivity (Wildman–Crippen MR) is 120 cm³/mol. The van der Waals surface area contributed by atoms with Crippen molar-refractivity contribution in [2.45, 2.75) is 33.7 Å². The van der Waals surface area contributed by atoms with Gasteiger partial charge in [0.05, 0.1) is 10.7 Å². The molecule has 0 fully saturated rings. The van der Waals surface area contributed by atoms with Crippen molar-refractivity contribution in [3.8, 4) is 17.0 Å². The van der Waals surface area contributed by atoms with Crippen LogP contribution in [0.25, 0.3) is 11.3 Å². The third-order valence-electron chi connectivity index (χ3n) is 4.49. The summed E-state index contributed by atoms with van der Waals surface area (Å²) in [6.07, 6.45) is 1.76. The molecule has 5 nitrogen and oxygen atoms in total. The van der Waals surface area contributed by atoms with Gasteiger partial charge >= 0.3 is 0 Å². The maximum Gasteiger partial charge on any atom is 0.227 e. The number of benzene rings is 2.